The van der Waals surface area contributed by atoms with Crippen LogP contribution in [0.5, 0.6) is 0 Å². The Bertz CT molecular complexity index is 1050. The molecule has 0 bridgehead atoms. The highest BCUT2D eigenvalue weighted by atomic mass is 32.2. The van der Waals surface area contributed by atoms with Gasteiger partial charge in [-0.1, -0.05) is 49.4 Å². The third kappa shape index (κ3) is 5.91. The van der Waals surface area contributed by atoms with Gasteiger partial charge in [-0.25, -0.2) is 8.42 Å². The summed E-state index contributed by atoms with van der Waals surface area (Å²) >= 11 is 0. The number of hydrogen-bond donors (Lipinski definition) is 0. The zero-order valence-corrected chi connectivity index (χ0v) is 20.1. The Balaban J connectivity index is 1.29. The van der Waals surface area contributed by atoms with Crippen molar-refractivity contribution in [2.75, 3.05) is 45.8 Å². The predicted molar refractivity (Wildman–Crippen MR) is 131 cm³/mol. The van der Waals surface area contributed by atoms with Crippen LogP contribution in [0.25, 0.3) is 6.08 Å². The number of sulfonamides is 1. The summed E-state index contributed by atoms with van der Waals surface area (Å²) in [5, 5.41) is 0. The lowest BCUT2D eigenvalue weighted by atomic mass is 10.0. The summed E-state index contributed by atoms with van der Waals surface area (Å²) in [6.45, 7) is 7.14. The molecule has 0 saturated carbocycles. The van der Waals surface area contributed by atoms with E-state index in [1.54, 1.807) is 28.6 Å². The summed E-state index contributed by atoms with van der Waals surface area (Å²) in [4.78, 5) is 17.4. The molecule has 176 valence electrons. The highest BCUT2D eigenvalue weighted by Gasteiger charge is 2.28. The van der Waals surface area contributed by atoms with E-state index in [4.69, 9.17) is 0 Å². The first-order chi connectivity index (χ1) is 15.9. The molecule has 7 heteroatoms. The third-order valence-corrected chi connectivity index (χ3v) is 8.53. The van der Waals surface area contributed by atoms with E-state index in [1.807, 2.05) is 23.1 Å². The Kier molecular flexibility index (Phi) is 7.63. The number of carbonyl (C=O) groups excluding carboxylic acids is 1. The summed E-state index contributed by atoms with van der Waals surface area (Å²) in [6.07, 6.45) is 6.07. The fourth-order valence-corrected chi connectivity index (χ4v) is 5.83. The van der Waals surface area contributed by atoms with Crippen LogP contribution in [0.15, 0.2) is 65.6 Å². The maximum atomic E-state index is 12.9. The molecule has 2 aromatic rings. The molecule has 2 saturated heterocycles. The van der Waals surface area contributed by atoms with Gasteiger partial charge in [-0.2, -0.15) is 4.31 Å². The summed E-state index contributed by atoms with van der Waals surface area (Å²) < 4.78 is 27.4. The van der Waals surface area contributed by atoms with Gasteiger partial charge in [0.15, 0.2) is 0 Å². The van der Waals surface area contributed by atoms with Crippen LogP contribution in [0.3, 0.4) is 0 Å². The summed E-state index contributed by atoms with van der Waals surface area (Å²) in [6, 6.07) is 16.7. The minimum Gasteiger partial charge on any atom is -0.336 e. The second-order valence-electron chi connectivity index (χ2n) is 9.02. The lowest BCUT2D eigenvalue weighted by molar-refractivity contribution is 0.0650. The molecule has 33 heavy (non-hydrogen) atoms. The van der Waals surface area contributed by atoms with E-state index in [9.17, 15) is 13.2 Å². The van der Waals surface area contributed by atoms with E-state index in [2.05, 4.69) is 36.1 Å². The molecule has 0 N–H and O–H groups in total. The van der Waals surface area contributed by atoms with Crippen LogP contribution in [-0.2, 0) is 10.0 Å². The van der Waals surface area contributed by atoms with Crippen LogP contribution >= 0.6 is 0 Å². The number of piperidine rings is 1. The van der Waals surface area contributed by atoms with Crippen molar-refractivity contribution in [3.63, 3.8) is 0 Å². The molecule has 0 spiro atoms. The molecule has 2 fully saturated rings. The molecule has 1 amide bonds. The molecular weight excluding hydrogens is 434 g/mol. The lowest BCUT2D eigenvalue weighted by Gasteiger charge is -2.34. The molecule has 2 aromatic carbocycles. The normalized spacial score (nSPS) is 19.2. The first-order valence-corrected chi connectivity index (χ1v) is 13.2. The highest BCUT2D eigenvalue weighted by molar-refractivity contribution is 7.89. The van der Waals surface area contributed by atoms with Crippen LogP contribution in [0, 0.1) is 5.92 Å². The van der Waals surface area contributed by atoms with Crippen molar-refractivity contribution in [1.29, 1.82) is 0 Å². The lowest BCUT2D eigenvalue weighted by Crippen LogP contribution is -2.48. The van der Waals surface area contributed by atoms with Crippen LogP contribution in [-0.4, -0.2) is 74.2 Å². The van der Waals surface area contributed by atoms with Gasteiger partial charge in [0.25, 0.3) is 5.91 Å². The maximum absolute atomic E-state index is 12.9. The van der Waals surface area contributed by atoms with Gasteiger partial charge in [-0.3, -0.25) is 9.69 Å². The van der Waals surface area contributed by atoms with Gasteiger partial charge in [0.05, 0.1) is 4.90 Å². The van der Waals surface area contributed by atoms with Gasteiger partial charge in [-0.05, 0) is 48.6 Å². The van der Waals surface area contributed by atoms with Crippen molar-refractivity contribution in [2.24, 2.45) is 5.92 Å². The molecule has 0 aliphatic carbocycles. The van der Waals surface area contributed by atoms with Gasteiger partial charge in [-0.15, -0.1) is 0 Å². The quantitative estimate of drug-likeness (QED) is 0.652. The molecule has 6 nitrogen and oxygen atoms in total. The Hall–Kier alpha value is -2.48. The number of amides is 1. The number of piperazine rings is 1. The third-order valence-electron chi connectivity index (χ3n) is 6.61. The fraction of sp³-hybridized carbons (Fsp3) is 0.423. The van der Waals surface area contributed by atoms with E-state index in [0.717, 1.165) is 32.5 Å². The average molecular weight is 468 g/mol. The van der Waals surface area contributed by atoms with Crippen molar-refractivity contribution >= 4 is 22.0 Å². The molecule has 0 unspecified atom stereocenters. The molecule has 0 radical (unpaired) electrons. The summed E-state index contributed by atoms with van der Waals surface area (Å²) in [5.74, 6) is 0.530. The molecule has 4 rings (SSSR count). The Morgan fingerprint density at radius 3 is 2.18 bits per heavy atom. The van der Waals surface area contributed by atoms with E-state index < -0.39 is 10.0 Å². The second kappa shape index (κ2) is 10.6. The van der Waals surface area contributed by atoms with E-state index in [1.165, 1.54) is 5.56 Å². The first kappa shape index (κ1) is 23.7. The smallest absolute Gasteiger partial charge is 0.253 e. The van der Waals surface area contributed by atoms with Crippen LogP contribution in [0.1, 0.15) is 35.7 Å². The van der Waals surface area contributed by atoms with Gasteiger partial charge >= 0.3 is 0 Å². The van der Waals surface area contributed by atoms with E-state index in [-0.39, 0.29) is 10.8 Å². The van der Waals surface area contributed by atoms with Gasteiger partial charge in [0.2, 0.25) is 10.0 Å². The Morgan fingerprint density at radius 1 is 0.909 bits per heavy atom. The van der Waals surface area contributed by atoms with Crippen molar-refractivity contribution in [2.45, 2.75) is 24.7 Å². The highest BCUT2D eigenvalue weighted by Crippen LogP contribution is 2.24. The van der Waals surface area contributed by atoms with Gasteiger partial charge in [0.1, 0.15) is 0 Å². The first-order valence-electron chi connectivity index (χ1n) is 11.8. The summed E-state index contributed by atoms with van der Waals surface area (Å²) in [7, 11) is -3.49. The van der Waals surface area contributed by atoms with Crippen molar-refractivity contribution < 1.29 is 13.2 Å². The van der Waals surface area contributed by atoms with Crippen molar-refractivity contribution in [3.05, 3.63) is 71.8 Å². The fourth-order valence-electron chi connectivity index (χ4n) is 4.36. The number of benzene rings is 2. The molecule has 2 aliphatic heterocycles. The maximum Gasteiger partial charge on any atom is 0.253 e. The minimum absolute atomic E-state index is 0.0368. The number of nitrogens with zero attached hydrogens (tertiary/aromatic N) is 3. The average Bonchev–Trinajstić information content (AvgIpc) is 2.85. The zero-order valence-electron chi connectivity index (χ0n) is 19.3. The van der Waals surface area contributed by atoms with E-state index >= 15 is 0 Å². The summed E-state index contributed by atoms with van der Waals surface area (Å²) in [5.41, 5.74) is 1.73. The van der Waals surface area contributed by atoms with Gasteiger partial charge in [0, 0.05) is 51.4 Å². The topological polar surface area (TPSA) is 60.9 Å². The Morgan fingerprint density at radius 2 is 1.55 bits per heavy atom. The number of rotatable bonds is 6. The van der Waals surface area contributed by atoms with Crippen LogP contribution in [0.2, 0.25) is 0 Å². The molecule has 0 atom stereocenters. The Labute approximate surface area is 197 Å². The van der Waals surface area contributed by atoms with Crippen molar-refractivity contribution in [3.8, 4) is 0 Å². The molecule has 2 aliphatic rings. The monoisotopic (exact) mass is 467 g/mol. The van der Waals surface area contributed by atoms with Crippen LogP contribution in [0.4, 0.5) is 0 Å². The number of hydrogen-bond acceptors (Lipinski definition) is 4. The number of carbonyl (C=O) groups is 1. The van der Waals surface area contributed by atoms with Gasteiger partial charge < -0.3 is 4.90 Å². The molecular formula is C26H33N3O3S. The zero-order chi connectivity index (χ0) is 23.3. The SMILES string of the molecule is CC1CCN(S(=O)(=O)c2ccc(C(=O)N3CCN(C/C=C/c4ccccc4)CC3)cc2)CC1. The standard InChI is InChI=1S/C26H33N3O3S/c1-22-13-16-29(17-14-22)33(31,32)25-11-9-24(10-12-25)26(30)28-20-18-27(19-21-28)15-5-8-23-6-3-2-4-7-23/h2-12,22H,13-21H2,1H3/b8-5+. The molecule has 0 aromatic heterocycles. The minimum atomic E-state index is -3.49. The largest absolute Gasteiger partial charge is 0.336 e. The van der Waals surface area contributed by atoms with Crippen LogP contribution < -0.4 is 0 Å². The second-order valence-corrected chi connectivity index (χ2v) is 11.0. The predicted octanol–water partition coefficient (Wildman–Crippen LogP) is 3.58. The molecule has 2 heterocycles. The van der Waals surface area contributed by atoms with Crippen molar-refractivity contribution in [1.82, 2.24) is 14.1 Å². The van der Waals surface area contributed by atoms with E-state index in [0.29, 0.717) is 37.7 Å².